The Morgan fingerprint density at radius 1 is 1.13 bits per heavy atom. The third-order valence-corrected chi connectivity index (χ3v) is 2.22. The van der Waals surface area contributed by atoms with E-state index < -0.39 is 0 Å². The monoisotopic (exact) mass is 208 g/mol. The molecule has 0 amide bonds. The van der Waals surface area contributed by atoms with Crippen LogP contribution in [0.3, 0.4) is 0 Å². The van der Waals surface area contributed by atoms with Gasteiger partial charge < -0.3 is 9.47 Å². The van der Waals surface area contributed by atoms with E-state index >= 15 is 0 Å². The van der Waals surface area contributed by atoms with Crippen LogP contribution in [0.15, 0.2) is 6.07 Å². The molecule has 1 aliphatic rings. The quantitative estimate of drug-likeness (QED) is 0.743. The molecule has 0 aromatic carbocycles. The number of ether oxygens (including phenoxy) is 2. The molecule has 0 unspecified atom stereocenters. The predicted octanol–water partition coefficient (Wildman–Crippen LogP) is 2.15. The van der Waals surface area contributed by atoms with Crippen LogP contribution < -0.4 is 9.47 Å². The van der Waals surface area contributed by atoms with Gasteiger partial charge in [-0.15, -0.1) is 0 Å². The van der Waals surface area contributed by atoms with Gasteiger partial charge in [-0.05, 0) is 26.7 Å². The van der Waals surface area contributed by atoms with E-state index in [9.17, 15) is 0 Å². The van der Waals surface area contributed by atoms with Crippen LogP contribution in [0.4, 0.5) is 0 Å². The molecule has 0 aliphatic heterocycles. The van der Waals surface area contributed by atoms with Crippen LogP contribution in [0.5, 0.6) is 11.8 Å². The van der Waals surface area contributed by atoms with E-state index in [1.807, 2.05) is 13.8 Å². The molecule has 4 heteroatoms. The number of nitrogens with zero attached hydrogens (tertiary/aromatic N) is 2. The molecule has 0 N–H and O–H groups in total. The highest BCUT2D eigenvalue weighted by Crippen LogP contribution is 2.39. The summed E-state index contributed by atoms with van der Waals surface area (Å²) in [4.78, 5) is 8.71. The van der Waals surface area contributed by atoms with Crippen molar-refractivity contribution >= 4 is 0 Å². The van der Waals surface area contributed by atoms with Crippen LogP contribution in [-0.2, 0) is 0 Å². The van der Waals surface area contributed by atoms with Gasteiger partial charge in [0.2, 0.25) is 11.8 Å². The van der Waals surface area contributed by atoms with E-state index in [0.29, 0.717) is 30.9 Å². The zero-order valence-corrected chi connectivity index (χ0v) is 9.19. The Bertz CT molecular complexity index is 313. The molecule has 0 bridgehead atoms. The Balaban J connectivity index is 2.21. The fourth-order valence-electron chi connectivity index (χ4n) is 1.39. The minimum atomic E-state index is 0.518. The van der Waals surface area contributed by atoms with Crippen molar-refractivity contribution < 1.29 is 9.47 Å². The molecule has 0 spiro atoms. The lowest BCUT2D eigenvalue weighted by Crippen LogP contribution is -2.03. The zero-order chi connectivity index (χ0) is 10.7. The molecular formula is C11H16N2O2. The van der Waals surface area contributed by atoms with Gasteiger partial charge in [0.05, 0.1) is 19.3 Å². The molecule has 15 heavy (non-hydrogen) atoms. The molecule has 1 aromatic heterocycles. The number of aromatic nitrogens is 2. The lowest BCUT2D eigenvalue weighted by molar-refractivity contribution is 0.303. The highest BCUT2D eigenvalue weighted by Gasteiger charge is 2.27. The second-order valence-electron chi connectivity index (χ2n) is 3.54. The SMILES string of the molecule is CCOc1cc(OCC)nc(C2CC2)n1. The number of rotatable bonds is 5. The third-order valence-electron chi connectivity index (χ3n) is 2.22. The average molecular weight is 208 g/mol. The van der Waals surface area contributed by atoms with Crippen LogP contribution in [0.1, 0.15) is 38.4 Å². The molecule has 2 rings (SSSR count). The minimum absolute atomic E-state index is 0.518. The van der Waals surface area contributed by atoms with Gasteiger partial charge in [0.15, 0.2) is 0 Å². The fraction of sp³-hybridized carbons (Fsp3) is 0.636. The van der Waals surface area contributed by atoms with Crippen molar-refractivity contribution in [1.82, 2.24) is 9.97 Å². The fourth-order valence-corrected chi connectivity index (χ4v) is 1.39. The van der Waals surface area contributed by atoms with Crippen LogP contribution >= 0.6 is 0 Å². The highest BCUT2D eigenvalue weighted by molar-refractivity contribution is 5.23. The first-order valence-electron chi connectivity index (χ1n) is 5.48. The van der Waals surface area contributed by atoms with Crippen molar-refractivity contribution in [3.63, 3.8) is 0 Å². The molecular weight excluding hydrogens is 192 g/mol. The van der Waals surface area contributed by atoms with Crippen molar-refractivity contribution in [3.05, 3.63) is 11.9 Å². The summed E-state index contributed by atoms with van der Waals surface area (Å²) in [6, 6.07) is 1.75. The van der Waals surface area contributed by atoms with Gasteiger partial charge in [-0.1, -0.05) is 0 Å². The van der Waals surface area contributed by atoms with E-state index in [2.05, 4.69) is 9.97 Å². The zero-order valence-electron chi connectivity index (χ0n) is 9.19. The smallest absolute Gasteiger partial charge is 0.220 e. The first kappa shape index (κ1) is 10.2. The van der Waals surface area contributed by atoms with Gasteiger partial charge in [-0.3, -0.25) is 0 Å². The van der Waals surface area contributed by atoms with Gasteiger partial charge in [0.25, 0.3) is 0 Å². The van der Waals surface area contributed by atoms with Crippen molar-refractivity contribution in [2.24, 2.45) is 0 Å². The van der Waals surface area contributed by atoms with E-state index in [0.717, 1.165) is 5.82 Å². The van der Waals surface area contributed by atoms with Crippen molar-refractivity contribution in [2.75, 3.05) is 13.2 Å². The van der Waals surface area contributed by atoms with Gasteiger partial charge in [-0.2, -0.15) is 9.97 Å². The average Bonchev–Trinajstić information content (AvgIpc) is 3.01. The van der Waals surface area contributed by atoms with Crippen LogP contribution in [0, 0.1) is 0 Å². The van der Waals surface area contributed by atoms with E-state index in [4.69, 9.17) is 9.47 Å². The second kappa shape index (κ2) is 4.47. The molecule has 4 nitrogen and oxygen atoms in total. The lowest BCUT2D eigenvalue weighted by Gasteiger charge is -2.07. The topological polar surface area (TPSA) is 44.2 Å². The van der Waals surface area contributed by atoms with E-state index in [1.54, 1.807) is 6.07 Å². The van der Waals surface area contributed by atoms with Crippen LogP contribution in [-0.4, -0.2) is 23.2 Å². The molecule has 82 valence electrons. The first-order chi connectivity index (χ1) is 7.33. The number of hydrogen-bond donors (Lipinski definition) is 0. The van der Waals surface area contributed by atoms with Gasteiger partial charge in [0.1, 0.15) is 5.82 Å². The molecule has 0 saturated heterocycles. The lowest BCUT2D eigenvalue weighted by atomic mass is 10.4. The molecule has 1 heterocycles. The predicted molar refractivity (Wildman–Crippen MR) is 56.3 cm³/mol. The summed E-state index contributed by atoms with van der Waals surface area (Å²) in [5.41, 5.74) is 0. The molecule has 1 aromatic rings. The molecule has 1 fully saturated rings. The summed E-state index contributed by atoms with van der Waals surface area (Å²) in [7, 11) is 0. The first-order valence-corrected chi connectivity index (χ1v) is 5.48. The Morgan fingerprint density at radius 3 is 2.07 bits per heavy atom. The summed E-state index contributed by atoms with van der Waals surface area (Å²) in [6.07, 6.45) is 2.36. The van der Waals surface area contributed by atoms with Gasteiger partial charge in [-0.25, -0.2) is 0 Å². The van der Waals surface area contributed by atoms with Crippen LogP contribution in [0.25, 0.3) is 0 Å². The minimum Gasteiger partial charge on any atom is -0.478 e. The third kappa shape index (κ3) is 2.58. The summed E-state index contributed by atoms with van der Waals surface area (Å²) in [5.74, 6) is 2.63. The van der Waals surface area contributed by atoms with Crippen molar-refractivity contribution in [3.8, 4) is 11.8 Å². The Kier molecular flexibility index (Phi) is 3.04. The number of hydrogen-bond acceptors (Lipinski definition) is 4. The summed E-state index contributed by atoms with van der Waals surface area (Å²) >= 11 is 0. The van der Waals surface area contributed by atoms with Gasteiger partial charge in [0, 0.05) is 5.92 Å². The largest absolute Gasteiger partial charge is 0.478 e. The van der Waals surface area contributed by atoms with Gasteiger partial charge >= 0.3 is 0 Å². The Labute approximate surface area is 89.6 Å². The maximum absolute atomic E-state index is 5.38. The molecule has 0 radical (unpaired) electrons. The second-order valence-corrected chi connectivity index (χ2v) is 3.54. The molecule has 0 atom stereocenters. The van der Waals surface area contributed by atoms with Crippen molar-refractivity contribution in [1.29, 1.82) is 0 Å². The maximum Gasteiger partial charge on any atom is 0.220 e. The highest BCUT2D eigenvalue weighted by atomic mass is 16.5. The summed E-state index contributed by atoms with van der Waals surface area (Å²) in [6.45, 7) is 5.12. The van der Waals surface area contributed by atoms with E-state index in [1.165, 1.54) is 12.8 Å². The maximum atomic E-state index is 5.38. The molecule has 1 aliphatic carbocycles. The summed E-state index contributed by atoms with van der Waals surface area (Å²) in [5, 5.41) is 0. The Morgan fingerprint density at radius 2 is 1.67 bits per heavy atom. The standard InChI is InChI=1S/C11H16N2O2/c1-3-14-9-7-10(15-4-2)13-11(12-9)8-5-6-8/h7-8H,3-6H2,1-2H3. The Hall–Kier alpha value is -1.32. The molecule has 1 saturated carbocycles. The normalized spacial score (nSPS) is 15.1. The van der Waals surface area contributed by atoms with Crippen molar-refractivity contribution in [2.45, 2.75) is 32.6 Å². The van der Waals surface area contributed by atoms with Crippen LogP contribution in [0.2, 0.25) is 0 Å². The summed E-state index contributed by atoms with van der Waals surface area (Å²) < 4.78 is 10.8. The van der Waals surface area contributed by atoms with E-state index in [-0.39, 0.29) is 0 Å².